The summed E-state index contributed by atoms with van der Waals surface area (Å²) in [6.07, 6.45) is -0.362. The smallest absolute Gasteiger partial charge is 0.348 e. The summed E-state index contributed by atoms with van der Waals surface area (Å²) >= 11 is 6.21. The molecule has 23 heavy (non-hydrogen) atoms. The number of carbonyl (C=O) groups excluding carboxylic acids is 4. The number of hydrogen-bond acceptors (Lipinski definition) is 8. The molecule has 0 saturated heterocycles. The van der Waals surface area contributed by atoms with E-state index in [1.165, 1.54) is 7.11 Å². The van der Waals surface area contributed by atoms with Crippen LogP contribution in [0.3, 0.4) is 0 Å². The van der Waals surface area contributed by atoms with Gasteiger partial charge in [-0.25, -0.2) is 9.59 Å². The van der Waals surface area contributed by atoms with Crippen LogP contribution in [0, 0.1) is 0 Å². The SMILES string of the molecule is COC(=O)Cc1c(C(=O)OC)sc(NC(=O)CCl)c1C(=O)OC. The second-order valence-electron chi connectivity index (χ2n) is 4.03. The molecule has 1 rings (SSSR count). The number of thiophene rings is 1. The average molecular weight is 364 g/mol. The molecule has 0 aliphatic carbocycles. The Bertz CT molecular complexity index is 641. The Hall–Kier alpha value is -2.13. The first kappa shape index (κ1) is 18.9. The molecule has 0 unspecified atom stereocenters. The Labute approximate surface area is 140 Å². The third kappa shape index (κ3) is 4.42. The molecule has 8 nitrogen and oxygen atoms in total. The van der Waals surface area contributed by atoms with Gasteiger partial charge in [-0.05, 0) is 0 Å². The van der Waals surface area contributed by atoms with Gasteiger partial charge in [-0.1, -0.05) is 0 Å². The summed E-state index contributed by atoms with van der Waals surface area (Å²) in [4.78, 5) is 46.9. The van der Waals surface area contributed by atoms with Crippen LogP contribution in [0.1, 0.15) is 25.6 Å². The van der Waals surface area contributed by atoms with Crippen molar-refractivity contribution in [1.29, 1.82) is 0 Å². The zero-order valence-electron chi connectivity index (χ0n) is 12.6. The standard InChI is InChI=1S/C13H14ClNO7S/c1-20-8(17)4-6-9(12(18)21-2)11(15-7(16)5-14)23-10(6)13(19)22-3/h4-5H2,1-3H3,(H,15,16). The number of nitrogens with one attached hydrogen (secondary N) is 1. The van der Waals surface area contributed by atoms with Crippen LogP contribution in [0.15, 0.2) is 0 Å². The van der Waals surface area contributed by atoms with Gasteiger partial charge in [0.05, 0.1) is 33.3 Å². The summed E-state index contributed by atoms with van der Waals surface area (Å²) in [5.74, 6) is -3.18. The summed E-state index contributed by atoms with van der Waals surface area (Å²) in [5, 5.41) is 2.44. The molecule has 1 amide bonds. The van der Waals surface area contributed by atoms with Gasteiger partial charge in [-0.2, -0.15) is 0 Å². The first-order chi connectivity index (χ1) is 10.9. The number of halogens is 1. The highest BCUT2D eigenvalue weighted by atomic mass is 35.5. The van der Waals surface area contributed by atoms with Crippen LogP contribution < -0.4 is 5.32 Å². The lowest BCUT2D eigenvalue weighted by molar-refractivity contribution is -0.139. The van der Waals surface area contributed by atoms with Gasteiger partial charge in [-0.15, -0.1) is 22.9 Å². The normalized spacial score (nSPS) is 9.91. The molecule has 10 heteroatoms. The molecule has 0 atom stereocenters. The van der Waals surface area contributed by atoms with E-state index in [9.17, 15) is 19.2 Å². The van der Waals surface area contributed by atoms with Gasteiger partial charge in [0.15, 0.2) is 0 Å². The molecule has 0 saturated carbocycles. The Kier molecular flexibility index (Phi) is 6.98. The van der Waals surface area contributed by atoms with Crippen LogP contribution in [0.25, 0.3) is 0 Å². The molecule has 0 spiro atoms. The number of carbonyl (C=O) groups is 4. The van der Waals surface area contributed by atoms with Crippen molar-refractivity contribution in [1.82, 2.24) is 0 Å². The van der Waals surface area contributed by atoms with Crippen molar-refractivity contribution in [2.24, 2.45) is 0 Å². The van der Waals surface area contributed by atoms with Crippen molar-refractivity contribution in [3.63, 3.8) is 0 Å². The lowest BCUT2D eigenvalue weighted by Crippen LogP contribution is -2.16. The molecule has 1 aromatic heterocycles. The van der Waals surface area contributed by atoms with Gasteiger partial charge in [0, 0.05) is 5.56 Å². The van der Waals surface area contributed by atoms with Gasteiger partial charge in [0.1, 0.15) is 15.8 Å². The van der Waals surface area contributed by atoms with Crippen molar-refractivity contribution in [2.75, 3.05) is 32.5 Å². The van der Waals surface area contributed by atoms with Crippen LogP contribution in [0.4, 0.5) is 5.00 Å². The predicted molar refractivity (Wildman–Crippen MR) is 82.1 cm³/mol. The van der Waals surface area contributed by atoms with Crippen molar-refractivity contribution in [3.05, 3.63) is 16.0 Å². The predicted octanol–water partition coefficient (Wildman–Crippen LogP) is 1.21. The van der Waals surface area contributed by atoms with Gasteiger partial charge in [0.25, 0.3) is 0 Å². The molecule has 1 aromatic rings. The highest BCUT2D eigenvalue weighted by Crippen LogP contribution is 2.35. The number of anilines is 1. The molecule has 0 bridgehead atoms. The molecule has 1 N–H and O–H groups in total. The highest BCUT2D eigenvalue weighted by Gasteiger charge is 2.30. The fraction of sp³-hybridized carbons (Fsp3) is 0.385. The van der Waals surface area contributed by atoms with E-state index in [-0.39, 0.29) is 33.3 Å². The fourth-order valence-electron chi connectivity index (χ4n) is 1.67. The van der Waals surface area contributed by atoms with Crippen molar-refractivity contribution in [3.8, 4) is 0 Å². The molecule has 0 fully saturated rings. The minimum Gasteiger partial charge on any atom is -0.469 e. The summed E-state index contributed by atoms with van der Waals surface area (Å²) < 4.78 is 13.8. The van der Waals surface area contributed by atoms with E-state index < -0.39 is 23.8 Å². The van der Waals surface area contributed by atoms with Crippen molar-refractivity contribution < 1.29 is 33.4 Å². The number of amides is 1. The van der Waals surface area contributed by atoms with Crippen LogP contribution >= 0.6 is 22.9 Å². The Morgan fingerprint density at radius 2 is 1.65 bits per heavy atom. The Balaban J connectivity index is 3.50. The van der Waals surface area contributed by atoms with E-state index in [4.69, 9.17) is 11.6 Å². The van der Waals surface area contributed by atoms with E-state index in [1.807, 2.05) is 0 Å². The molecular weight excluding hydrogens is 350 g/mol. The Morgan fingerprint density at radius 3 is 2.13 bits per heavy atom. The minimum absolute atomic E-state index is 0.0110. The number of methoxy groups -OCH3 is 3. The maximum atomic E-state index is 12.0. The van der Waals surface area contributed by atoms with Crippen LogP contribution in [0.5, 0.6) is 0 Å². The topological polar surface area (TPSA) is 108 Å². The summed E-state index contributed by atoms with van der Waals surface area (Å²) in [6.45, 7) is 0. The van der Waals surface area contributed by atoms with E-state index in [0.29, 0.717) is 0 Å². The van der Waals surface area contributed by atoms with Gasteiger partial charge in [-0.3, -0.25) is 9.59 Å². The van der Waals surface area contributed by atoms with Crippen molar-refractivity contribution >= 4 is 51.8 Å². The molecule has 126 valence electrons. The molecule has 0 aliphatic rings. The summed E-state index contributed by atoms with van der Waals surface area (Å²) in [5.41, 5.74) is -0.0489. The van der Waals surface area contributed by atoms with E-state index in [0.717, 1.165) is 25.6 Å². The fourth-order valence-corrected chi connectivity index (χ4v) is 2.88. The van der Waals surface area contributed by atoms with Gasteiger partial charge < -0.3 is 19.5 Å². The van der Waals surface area contributed by atoms with Gasteiger partial charge >= 0.3 is 17.9 Å². The second-order valence-corrected chi connectivity index (χ2v) is 5.32. The number of alkyl halides is 1. The number of ether oxygens (including phenoxy) is 3. The molecule has 0 aliphatic heterocycles. The maximum absolute atomic E-state index is 12.0. The quantitative estimate of drug-likeness (QED) is 0.459. The molecule has 0 radical (unpaired) electrons. The third-order valence-electron chi connectivity index (χ3n) is 2.69. The number of esters is 3. The Morgan fingerprint density at radius 1 is 1.04 bits per heavy atom. The summed E-state index contributed by atoms with van der Waals surface area (Å²) in [6, 6.07) is 0. The van der Waals surface area contributed by atoms with Crippen LogP contribution in [-0.2, 0) is 30.2 Å². The van der Waals surface area contributed by atoms with Crippen LogP contribution in [0.2, 0.25) is 0 Å². The van der Waals surface area contributed by atoms with Crippen molar-refractivity contribution in [2.45, 2.75) is 6.42 Å². The largest absolute Gasteiger partial charge is 0.469 e. The van der Waals surface area contributed by atoms with E-state index >= 15 is 0 Å². The maximum Gasteiger partial charge on any atom is 0.348 e. The number of hydrogen-bond donors (Lipinski definition) is 1. The minimum atomic E-state index is -0.819. The first-order valence-electron chi connectivity index (χ1n) is 6.14. The summed E-state index contributed by atoms with van der Waals surface area (Å²) in [7, 11) is 3.45. The lowest BCUT2D eigenvalue weighted by atomic mass is 10.1. The average Bonchev–Trinajstić information content (AvgIpc) is 2.90. The second kappa shape index (κ2) is 8.49. The monoisotopic (exact) mass is 363 g/mol. The molecular formula is C13H14ClNO7S. The molecule has 1 heterocycles. The number of rotatable bonds is 6. The zero-order chi connectivity index (χ0) is 17.6. The zero-order valence-corrected chi connectivity index (χ0v) is 14.1. The third-order valence-corrected chi connectivity index (χ3v) is 4.06. The highest BCUT2D eigenvalue weighted by molar-refractivity contribution is 7.18. The first-order valence-corrected chi connectivity index (χ1v) is 7.49. The van der Waals surface area contributed by atoms with Crippen LogP contribution in [-0.4, -0.2) is 51.0 Å². The lowest BCUT2D eigenvalue weighted by Gasteiger charge is -2.06. The van der Waals surface area contributed by atoms with Gasteiger partial charge in [0.2, 0.25) is 5.91 Å². The van der Waals surface area contributed by atoms with E-state index in [1.54, 1.807) is 0 Å². The molecule has 0 aromatic carbocycles. The van der Waals surface area contributed by atoms with E-state index in [2.05, 4.69) is 19.5 Å².